The Bertz CT molecular complexity index is 607. The third-order valence-corrected chi connectivity index (χ3v) is 3.42. The Morgan fingerprint density at radius 3 is 2.76 bits per heavy atom. The van der Waals surface area contributed by atoms with Gasteiger partial charge in [0.15, 0.2) is 5.76 Å². The van der Waals surface area contributed by atoms with Crippen LogP contribution >= 0.6 is 15.9 Å². The molecule has 1 amide bonds. The van der Waals surface area contributed by atoms with Gasteiger partial charge in [0.05, 0.1) is 4.47 Å². The summed E-state index contributed by atoms with van der Waals surface area (Å²) in [5, 5.41) is 2.81. The minimum Gasteiger partial charge on any atom is -0.484 e. The number of ether oxygens (including phenoxy) is 1. The number of hydrogen-bond acceptors (Lipinski definition) is 3. The van der Waals surface area contributed by atoms with E-state index in [1.54, 1.807) is 12.1 Å². The number of rotatable bonds is 6. The van der Waals surface area contributed by atoms with Gasteiger partial charge in [-0.25, -0.2) is 0 Å². The molecule has 2 rings (SSSR count). The highest BCUT2D eigenvalue weighted by atomic mass is 79.9. The maximum absolute atomic E-state index is 11.8. The molecular formula is C16H18BrNO3. The first kappa shape index (κ1) is 15.6. The zero-order valence-corrected chi connectivity index (χ0v) is 13.6. The Labute approximate surface area is 132 Å². The van der Waals surface area contributed by atoms with Gasteiger partial charge in [0, 0.05) is 6.54 Å². The lowest BCUT2D eigenvalue weighted by atomic mass is 10.2. The molecule has 0 saturated heterocycles. The molecule has 21 heavy (non-hydrogen) atoms. The summed E-state index contributed by atoms with van der Waals surface area (Å²) in [6.45, 7) is 4.99. The predicted octanol–water partition coefficient (Wildman–Crippen LogP) is 4.01. The number of furan rings is 1. The van der Waals surface area contributed by atoms with Gasteiger partial charge in [-0.1, -0.05) is 26.0 Å². The summed E-state index contributed by atoms with van der Waals surface area (Å²) in [6.07, 6.45) is 0. The van der Waals surface area contributed by atoms with E-state index in [0.29, 0.717) is 24.0 Å². The summed E-state index contributed by atoms with van der Waals surface area (Å²) in [5.74, 6) is 1.86. The van der Waals surface area contributed by atoms with Crippen molar-refractivity contribution < 1.29 is 13.9 Å². The van der Waals surface area contributed by atoms with E-state index in [-0.39, 0.29) is 12.5 Å². The van der Waals surface area contributed by atoms with E-state index in [1.807, 2.05) is 38.1 Å². The van der Waals surface area contributed by atoms with Crippen LogP contribution < -0.4 is 10.1 Å². The monoisotopic (exact) mass is 351 g/mol. The van der Waals surface area contributed by atoms with Gasteiger partial charge in [-0.3, -0.25) is 4.79 Å². The molecule has 0 fully saturated rings. The summed E-state index contributed by atoms with van der Waals surface area (Å²) < 4.78 is 12.0. The smallest absolute Gasteiger partial charge is 0.287 e. The largest absolute Gasteiger partial charge is 0.484 e. The molecule has 1 aromatic carbocycles. The van der Waals surface area contributed by atoms with Crippen molar-refractivity contribution in [3.8, 4) is 5.75 Å². The molecule has 112 valence electrons. The van der Waals surface area contributed by atoms with Crippen molar-refractivity contribution in [3.05, 3.63) is 52.4 Å². The van der Waals surface area contributed by atoms with E-state index < -0.39 is 0 Å². The van der Waals surface area contributed by atoms with Gasteiger partial charge in [-0.05, 0) is 46.1 Å². The lowest BCUT2D eigenvalue weighted by Gasteiger charge is -2.06. The molecule has 2 aromatic rings. The third kappa shape index (κ3) is 4.63. The second-order valence-electron chi connectivity index (χ2n) is 5.09. The highest BCUT2D eigenvalue weighted by Gasteiger charge is 2.11. The van der Waals surface area contributed by atoms with Crippen LogP contribution in [0, 0.1) is 5.92 Å². The molecule has 0 saturated carbocycles. The summed E-state index contributed by atoms with van der Waals surface area (Å²) in [6, 6.07) is 11.0. The number of benzene rings is 1. The number of halogens is 1. The second-order valence-corrected chi connectivity index (χ2v) is 5.94. The zero-order valence-electron chi connectivity index (χ0n) is 12.1. The Morgan fingerprint density at radius 1 is 1.29 bits per heavy atom. The van der Waals surface area contributed by atoms with Crippen LogP contribution in [0.4, 0.5) is 0 Å². The lowest BCUT2D eigenvalue weighted by molar-refractivity contribution is 0.0917. The fraction of sp³-hybridized carbons (Fsp3) is 0.312. The first-order valence-corrected chi connectivity index (χ1v) is 7.60. The molecule has 0 aliphatic rings. The molecule has 0 radical (unpaired) electrons. The highest BCUT2D eigenvalue weighted by molar-refractivity contribution is 9.10. The maximum Gasteiger partial charge on any atom is 0.287 e. The van der Waals surface area contributed by atoms with E-state index in [1.165, 1.54) is 0 Å². The molecule has 0 aliphatic carbocycles. The number of amides is 1. The second kappa shape index (κ2) is 7.31. The fourth-order valence-corrected chi connectivity index (χ4v) is 2.07. The fourth-order valence-electron chi connectivity index (χ4n) is 1.67. The van der Waals surface area contributed by atoms with Crippen LogP contribution in [0.3, 0.4) is 0 Å². The van der Waals surface area contributed by atoms with Gasteiger partial charge in [-0.2, -0.15) is 0 Å². The van der Waals surface area contributed by atoms with E-state index in [2.05, 4.69) is 21.2 Å². The van der Waals surface area contributed by atoms with Gasteiger partial charge < -0.3 is 14.5 Å². The normalized spacial score (nSPS) is 10.7. The van der Waals surface area contributed by atoms with Gasteiger partial charge in [0.1, 0.15) is 18.1 Å². The van der Waals surface area contributed by atoms with Crippen molar-refractivity contribution in [2.24, 2.45) is 5.92 Å². The lowest BCUT2D eigenvalue weighted by Crippen LogP contribution is -2.26. The quantitative estimate of drug-likeness (QED) is 0.855. The molecule has 5 heteroatoms. The van der Waals surface area contributed by atoms with Crippen LogP contribution in [-0.4, -0.2) is 12.5 Å². The summed E-state index contributed by atoms with van der Waals surface area (Å²) >= 11 is 3.41. The number of hydrogen-bond donors (Lipinski definition) is 1. The first-order chi connectivity index (χ1) is 10.1. The molecule has 1 N–H and O–H groups in total. The van der Waals surface area contributed by atoms with Crippen molar-refractivity contribution in [2.75, 3.05) is 6.54 Å². The van der Waals surface area contributed by atoms with Crippen LogP contribution in [0.1, 0.15) is 30.2 Å². The van der Waals surface area contributed by atoms with Crippen LogP contribution in [0.5, 0.6) is 5.75 Å². The van der Waals surface area contributed by atoms with Crippen LogP contribution in [0.15, 0.2) is 45.3 Å². The molecule has 0 atom stereocenters. The van der Waals surface area contributed by atoms with E-state index in [9.17, 15) is 4.79 Å². The maximum atomic E-state index is 11.8. The van der Waals surface area contributed by atoms with Gasteiger partial charge in [0.25, 0.3) is 5.91 Å². The average Bonchev–Trinajstić information content (AvgIpc) is 2.93. The van der Waals surface area contributed by atoms with E-state index >= 15 is 0 Å². The van der Waals surface area contributed by atoms with Crippen LogP contribution in [0.2, 0.25) is 0 Å². The van der Waals surface area contributed by atoms with E-state index in [0.717, 1.165) is 10.2 Å². The van der Waals surface area contributed by atoms with Crippen molar-refractivity contribution in [1.29, 1.82) is 0 Å². The number of para-hydroxylation sites is 1. The van der Waals surface area contributed by atoms with Gasteiger partial charge >= 0.3 is 0 Å². The zero-order chi connectivity index (χ0) is 15.2. The molecule has 0 unspecified atom stereocenters. The molecular weight excluding hydrogens is 334 g/mol. The molecule has 0 bridgehead atoms. The highest BCUT2D eigenvalue weighted by Crippen LogP contribution is 2.24. The Hall–Kier alpha value is -1.75. The minimum absolute atomic E-state index is 0.198. The Balaban J connectivity index is 1.91. The third-order valence-electron chi connectivity index (χ3n) is 2.76. The van der Waals surface area contributed by atoms with Crippen LogP contribution in [-0.2, 0) is 6.61 Å². The molecule has 0 spiro atoms. The first-order valence-electron chi connectivity index (χ1n) is 6.80. The van der Waals surface area contributed by atoms with Crippen molar-refractivity contribution in [3.63, 3.8) is 0 Å². The van der Waals surface area contributed by atoms with Crippen molar-refractivity contribution in [2.45, 2.75) is 20.5 Å². The molecule has 1 heterocycles. The van der Waals surface area contributed by atoms with Gasteiger partial charge in [0.2, 0.25) is 0 Å². The summed E-state index contributed by atoms with van der Waals surface area (Å²) in [4.78, 5) is 11.8. The minimum atomic E-state index is -0.198. The summed E-state index contributed by atoms with van der Waals surface area (Å²) in [7, 11) is 0. The standard InChI is InChI=1S/C16H18BrNO3/c1-11(2)9-18-16(19)15-8-7-12(21-15)10-20-14-6-4-3-5-13(14)17/h3-8,11H,9-10H2,1-2H3,(H,18,19). The average molecular weight is 352 g/mol. The van der Waals surface area contributed by atoms with E-state index in [4.69, 9.17) is 9.15 Å². The summed E-state index contributed by atoms with van der Waals surface area (Å²) in [5.41, 5.74) is 0. The molecule has 1 aromatic heterocycles. The van der Waals surface area contributed by atoms with Gasteiger partial charge in [-0.15, -0.1) is 0 Å². The number of nitrogens with one attached hydrogen (secondary N) is 1. The predicted molar refractivity (Wildman–Crippen MR) is 84.4 cm³/mol. The number of carbonyl (C=O) groups is 1. The molecule has 4 nitrogen and oxygen atoms in total. The van der Waals surface area contributed by atoms with Crippen molar-refractivity contribution >= 4 is 21.8 Å². The SMILES string of the molecule is CC(C)CNC(=O)c1ccc(COc2ccccc2Br)o1. The molecule has 0 aliphatic heterocycles. The van der Waals surface area contributed by atoms with Crippen LogP contribution in [0.25, 0.3) is 0 Å². The number of carbonyl (C=O) groups excluding carboxylic acids is 1. The Morgan fingerprint density at radius 2 is 2.05 bits per heavy atom. The van der Waals surface area contributed by atoms with Crippen molar-refractivity contribution in [1.82, 2.24) is 5.32 Å². The Kier molecular flexibility index (Phi) is 5.44. The topological polar surface area (TPSA) is 51.5 Å².